The number of benzene rings is 3. The highest BCUT2D eigenvalue weighted by Crippen LogP contribution is 2.46. The number of hydrogen-bond acceptors (Lipinski definition) is 3. The summed E-state index contributed by atoms with van der Waals surface area (Å²) in [6.07, 6.45) is 13.7. The van der Waals surface area contributed by atoms with Gasteiger partial charge < -0.3 is 5.32 Å². The van der Waals surface area contributed by atoms with Crippen LogP contribution in [0.1, 0.15) is 62.3 Å². The molecule has 0 bridgehead atoms. The van der Waals surface area contributed by atoms with Gasteiger partial charge in [-0.05, 0) is 90.4 Å². The highest BCUT2D eigenvalue weighted by atomic mass is 15.0. The Kier molecular flexibility index (Phi) is 8.89. The first-order chi connectivity index (χ1) is 22.0. The van der Waals surface area contributed by atoms with E-state index >= 15 is 0 Å². The minimum atomic E-state index is -0.290. The molecule has 0 saturated carbocycles. The summed E-state index contributed by atoms with van der Waals surface area (Å²) < 4.78 is 0. The van der Waals surface area contributed by atoms with Gasteiger partial charge >= 0.3 is 0 Å². The maximum absolute atomic E-state index is 4.99. The van der Waals surface area contributed by atoms with Gasteiger partial charge in [-0.15, -0.1) is 0 Å². The number of hydrogen-bond donors (Lipinski definition) is 1. The second kappa shape index (κ2) is 13.3. The number of nitrogens with zero attached hydrogens (tertiary/aromatic N) is 2. The molecule has 0 fully saturated rings. The van der Waals surface area contributed by atoms with Gasteiger partial charge in [-0.3, -0.25) is 9.97 Å². The molecule has 6 rings (SSSR count). The van der Waals surface area contributed by atoms with Crippen molar-refractivity contribution in [2.24, 2.45) is 5.92 Å². The van der Waals surface area contributed by atoms with Crippen LogP contribution in [0.15, 0.2) is 146 Å². The van der Waals surface area contributed by atoms with E-state index in [1.165, 1.54) is 22.3 Å². The Morgan fingerprint density at radius 3 is 2.11 bits per heavy atom. The molecule has 224 valence electrons. The quantitative estimate of drug-likeness (QED) is 0.184. The normalized spacial score (nSPS) is 20.1. The standard InChI is InChI=1S/C42H41N3/c1-5-15-31(16-6-2)33-22-23-40(44-29-33)36-26-34(25-35(27-36)39-21-13-14-24-43-39)38-28-41(32-17-9-7-10-18-32)45-42(4,30(38)3)37-19-11-8-12-20-37/h5,7-30,38,45H,6H2,1-4H3/b15-5-,31-16+. The van der Waals surface area contributed by atoms with Crippen LogP contribution in [-0.2, 0) is 5.54 Å². The lowest BCUT2D eigenvalue weighted by Crippen LogP contribution is -2.48. The summed E-state index contributed by atoms with van der Waals surface area (Å²) in [6, 6.07) is 38.8. The first-order valence-corrected chi connectivity index (χ1v) is 16.0. The van der Waals surface area contributed by atoms with Gasteiger partial charge in [-0.1, -0.05) is 111 Å². The van der Waals surface area contributed by atoms with Crippen molar-refractivity contribution in [3.05, 3.63) is 168 Å². The Morgan fingerprint density at radius 1 is 0.800 bits per heavy atom. The van der Waals surface area contributed by atoms with E-state index in [4.69, 9.17) is 9.97 Å². The van der Waals surface area contributed by atoms with Crippen LogP contribution in [0.25, 0.3) is 33.8 Å². The molecule has 0 spiro atoms. The predicted octanol–water partition coefficient (Wildman–Crippen LogP) is 10.5. The van der Waals surface area contributed by atoms with Crippen LogP contribution >= 0.6 is 0 Å². The van der Waals surface area contributed by atoms with E-state index in [0.717, 1.165) is 40.2 Å². The largest absolute Gasteiger partial charge is 0.375 e. The zero-order chi connectivity index (χ0) is 31.2. The zero-order valence-electron chi connectivity index (χ0n) is 26.6. The van der Waals surface area contributed by atoms with E-state index in [9.17, 15) is 0 Å². The number of aromatic nitrogens is 2. The molecule has 3 aromatic carbocycles. The summed E-state index contributed by atoms with van der Waals surface area (Å²) in [5.41, 5.74) is 11.0. The summed E-state index contributed by atoms with van der Waals surface area (Å²) in [4.78, 5) is 9.73. The molecule has 0 saturated heterocycles. The van der Waals surface area contributed by atoms with Gasteiger partial charge in [0.1, 0.15) is 0 Å². The van der Waals surface area contributed by atoms with E-state index in [1.807, 2.05) is 18.5 Å². The van der Waals surface area contributed by atoms with Crippen molar-refractivity contribution in [3.8, 4) is 22.5 Å². The lowest BCUT2D eigenvalue weighted by molar-refractivity contribution is 0.249. The number of allylic oxidation sites excluding steroid dienone is 5. The van der Waals surface area contributed by atoms with E-state index in [-0.39, 0.29) is 17.4 Å². The first-order valence-electron chi connectivity index (χ1n) is 16.0. The van der Waals surface area contributed by atoms with Gasteiger partial charge in [0, 0.05) is 35.1 Å². The van der Waals surface area contributed by atoms with Gasteiger partial charge in [-0.25, -0.2) is 0 Å². The molecule has 3 nitrogen and oxygen atoms in total. The monoisotopic (exact) mass is 587 g/mol. The Balaban J connectivity index is 1.51. The van der Waals surface area contributed by atoms with E-state index < -0.39 is 0 Å². The fraction of sp³-hybridized carbons (Fsp3) is 0.190. The van der Waals surface area contributed by atoms with Crippen molar-refractivity contribution in [3.63, 3.8) is 0 Å². The van der Waals surface area contributed by atoms with E-state index in [1.54, 1.807) is 0 Å². The Bertz CT molecular complexity index is 1820. The van der Waals surface area contributed by atoms with Crippen LogP contribution in [0.2, 0.25) is 0 Å². The van der Waals surface area contributed by atoms with Crippen molar-refractivity contribution in [1.82, 2.24) is 15.3 Å². The third kappa shape index (κ3) is 6.30. The lowest BCUT2D eigenvalue weighted by atomic mass is 9.68. The molecule has 45 heavy (non-hydrogen) atoms. The molecule has 0 radical (unpaired) electrons. The van der Waals surface area contributed by atoms with Crippen LogP contribution in [0.3, 0.4) is 0 Å². The van der Waals surface area contributed by atoms with Gasteiger partial charge in [-0.2, -0.15) is 0 Å². The van der Waals surface area contributed by atoms with Gasteiger partial charge in [0.05, 0.1) is 16.9 Å². The molecule has 0 amide bonds. The highest BCUT2D eigenvalue weighted by Gasteiger charge is 2.41. The van der Waals surface area contributed by atoms with Crippen LogP contribution in [0.5, 0.6) is 0 Å². The molecule has 3 heteroatoms. The molecule has 1 aliphatic rings. The van der Waals surface area contributed by atoms with Crippen molar-refractivity contribution < 1.29 is 0 Å². The van der Waals surface area contributed by atoms with Gasteiger partial charge in [0.25, 0.3) is 0 Å². The maximum atomic E-state index is 4.99. The Labute approximate surface area is 268 Å². The summed E-state index contributed by atoms with van der Waals surface area (Å²) in [5.74, 6) is 0.388. The smallest absolute Gasteiger partial charge is 0.0702 e. The molecule has 1 N–H and O–H groups in total. The van der Waals surface area contributed by atoms with Crippen molar-refractivity contribution in [2.75, 3.05) is 0 Å². The molecule has 1 aliphatic heterocycles. The first kappa shape index (κ1) is 30.0. The maximum Gasteiger partial charge on any atom is 0.0702 e. The van der Waals surface area contributed by atoms with Crippen LogP contribution in [0.4, 0.5) is 0 Å². The van der Waals surface area contributed by atoms with Crippen LogP contribution in [0, 0.1) is 5.92 Å². The zero-order valence-corrected chi connectivity index (χ0v) is 26.6. The molecule has 5 aromatic rings. The molecular formula is C42H41N3. The Hall–Kier alpha value is -5.02. The fourth-order valence-electron chi connectivity index (χ4n) is 6.50. The highest BCUT2D eigenvalue weighted by molar-refractivity contribution is 5.76. The van der Waals surface area contributed by atoms with Crippen molar-refractivity contribution in [2.45, 2.75) is 45.6 Å². The molecule has 3 heterocycles. The number of pyridine rings is 2. The summed E-state index contributed by atoms with van der Waals surface area (Å²) >= 11 is 0. The number of nitrogens with one attached hydrogen (secondary N) is 1. The molecule has 3 unspecified atom stereocenters. The fourth-order valence-corrected chi connectivity index (χ4v) is 6.50. The Morgan fingerprint density at radius 2 is 1.49 bits per heavy atom. The third-order valence-corrected chi connectivity index (χ3v) is 9.11. The summed E-state index contributed by atoms with van der Waals surface area (Å²) in [6.45, 7) is 8.92. The average Bonchev–Trinajstić information content (AvgIpc) is 3.10. The minimum absolute atomic E-state index is 0.141. The minimum Gasteiger partial charge on any atom is -0.375 e. The summed E-state index contributed by atoms with van der Waals surface area (Å²) in [5, 5.41) is 3.97. The average molecular weight is 588 g/mol. The van der Waals surface area contributed by atoms with Crippen LogP contribution < -0.4 is 5.32 Å². The molecular weight excluding hydrogens is 546 g/mol. The van der Waals surface area contributed by atoms with Crippen molar-refractivity contribution >= 4 is 11.3 Å². The third-order valence-electron chi connectivity index (χ3n) is 9.11. The molecule has 3 atom stereocenters. The van der Waals surface area contributed by atoms with Gasteiger partial charge in [0.2, 0.25) is 0 Å². The molecule has 0 aliphatic carbocycles. The van der Waals surface area contributed by atoms with Crippen LogP contribution in [-0.4, -0.2) is 9.97 Å². The predicted molar refractivity (Wildman–Crippen MR) is 189 cm³/mol. The van der Waals surface area contributed by atoms with Gasteiger partial charge in [0.15, 0.2) is 0 Å². The molecule has 2 aromatic heterocycles. The lowest BCUT2D eigenvalue weighted by Gasteiger charge is -2.46. The van der Waals surface area contributed by atoms with E-state index in [0.29, 0.717) is 0 Å². The van der Waals surface area contributed by atoms with E-state index in [2.05, 4.69) is 160 Å². The number of rotatable bonds is 8. The second-order valence-electron chi connectivity index (χ2n) is 12.0. The topological polar surface area (TPSA) is 37.8 Å². The summed E-state index contributed by atoms with van der Waals surface area (Å²) in [7, 11) is 0. The SMILES string of the molecule is C/C=C\C(=C/CC)c1ccc(-c2cc(-c3ccccn3)cc(C3C=C(c4ccccc4)NC(C)(c4ccccc4)C3C)c2)nc1. The second-order valence-corrected chi connectivity index (χ2v) is 12.0. The van der Waals surface area contributed by atoms with Crippen molar-refractivity contribution in [1.29, 1.82) is 0 Å².